The third kappa shape index (κ3) is 5.94. The monoisotopic (exact) mass is 387 g/mol. The Labute approximate surface area is 168 Å². The van der Waals surface area contributed by atoms with E-state index in [-0.39, 0.29) is 11.9 Å². The van der Waals surface area contributed by atoms with E-state index in [1.54, 1.807) is 0 Å². The third-order valence-electron chi connectivity index (χ3n) is 5.81. The van der Waals surface area contributed by atoms with Gasteiger partial charge >= 0.3 is 5.97 Å². The highest BCUT2D eigenvalue weighted by Gasteiger charge is 2.23. The van der Waals surface area contributed by atoms with Crippen molar-refractivity contribution in [3.8, 4) is 0 Å². The molecule has 0 saturated carbocycles. The van der Waals surface area contributed by atoms with E-state index in [1.807, 2.05) is 11.8 Å². The van der Waals surface area contributed by atoms with Gasteiger partial charge in [-0.25, -0.2) is 4.98 Å². The summed E-state index contributed by atoms with van der Waals surface area (Å²) >= 11 is 0. The molecule has 0 aromatic carbocycles. The molecule has 1 N–H and O–H groups in total. The largest absolute Gasteiger partial charge is 0.466 e. The Bertz CT molecular complexity index is 669. The number of pyridine rings is 1. The number of rotatable bonds is 8. The van der Waals surface area contributed by atoms with Crippen molar-refractivity contribution in [2.24, 2.45) is 5.92 Å². The highest BCUT2D eigenvalue weighted by Crippen LogP contribution is 2.24. The minimum Gasteiger partial charge on any atom is -0.466 e. The van der Waals surface area contributed by atoms with Gasteiger partial charge in [0.2, 0.25) is 5.91 Å². The van der Waals surface area contributed by atoms with Gasteiger partial charge in [-0.1, -0.05) is 6.07 Å². The van der Waals surface area contributed by atoms with Crippen LogP contribution in [0.1, 0.15) is 63.1 Å². The van der Waals surface area contributed by atoms with Crippen LogP contribution in [0.3, 0.4) is 0 Å². The van der Waals surface area contributed by atoms with Gasteiger partial charge < -0.3 is 15.0 Å². The number of amides is 1. The topological polar surface area (TPSA) is 71.5 Å². The quantitative estimate of drug-likeness (QED) is 0.693. The van der Waals surface area contributed by atoms with Crippen molar-refractivity contribution < 1.29 is 14.3 Å². The highest BCUT2D eigenvalue weighted by atomic mass is 16.5. The molecule has 0 spiro atoms. The van der Waals surface area contributed by atoms with Crippen LogP contribution in [-0.2, 0) is 27.2 Å². The summed E-state index contributed by atoms with van der Waals surface area (Å²) in [5.41, 5.74) is 2.28. The Hall–Kier alpha value is -2.11. The second kappa shape index (κ2) is 10.4. The molecule has 1 saturated heterocycles. The maximum absolute atomic E-state index is 12.6. The zero-order valence-electron chi connectivity index (χ0n) is 17.0. The van der Waals surface area contributed by atoms with Crippen molar-refractivity contribution in [3.05, 3.63) is 23.4 Å². The first-order chi connectivity index (χ1) is 13.7. The maximum Gasteiger partial charge on any atom is 0.305 e. The fraction of sp³-hybridized carbons (Fsp3) is 0.682. The van der Waals surface area contributed by atoms with E-state index >= 15 is 0 Å². The number of likely N-dealkylation sites (tertiary alicyclic amines) is 1. The number of anilines is 1. The Kier molecular flexibility index (Phi) is 7.69. The van der Waals surface area contributed by atoms with E-state index in [0.29, 0.717) is 31.8 Å². The number of nitrogens with zero attached hydrogens (tertiary/aromatic N) is 2. The summed E-state index contributed by atoms with van der Waals surface area (Å²) in [6, 6.07) is 4.21. The van der Waals surface area contributed by atoms with Crippen LogP contribution < -0.4 is 5.32 Å². The predicted octanol–water partition coefficient (Wildman–Crippen LogP) is 3.34. The summed E-state index contributed by atoms with van der Waals surface area (Å²) in [4.78, 5) is 30.7. The van der Waals surface area contributed by atoms with E-state index in [1.165, 1.54) is 5.56 Å². The van der Waals surface area contributed by atoms with Crippen LogP contribution in [-0.4, -0.2) is 48.0 Å². The fourth-order valence-corrected chi connectivity index (χ4v) is 4.14. The molecule has 6 nitrogen and oxygen atoms in total. The fourth-order valence-electron chi connectivity index (χ4n) is 4.14. The number of hydrogen-bond acceptors (Lipinski definition) is 5. The molecule has 1 aromatic rings. The molecule has 2 aliphatic rings. The molecule has 0 aliphatic carbocycles. The second-order valence-corrected chi connectivity index (χ2v) is 7.86. The molecular weight excluding hydrogens is 354 g/mol. The zero-order valence-corrected chi connectivity index (χ0v) is 17.0. The minimum atomic E-state index is -0.0962. The lowest BCUT2D eigenvalue weighted by atomic mass is 9.91. The van der Waals surface area contributed by atoms with E-state index < -0.39 is 0 Å². The van der Waals surface area contributed by atoms with Crippen LogP contribution in [0.2, 0.25) is 0 Å². The van der Waals surface area contributed by atoms with Crippen molar-refractivity contribution >= 4 is 17.7 Å². The van der Waals surface area contributed by atoms with Gasteiger partial charge in [-0.3, -0.25) is 9.59 Å². The Balaban J connectivity index is 1.35. The molecule has 3 heterocycles. The number of aryl methyl sites for hydroxylation is 2. The van der Waals surface area contributed by atoms with Crippen molar-refractivity contribution in [1.29, 1.82) is 0 Å². The maximum atomic E-state index is 12.6. The van der Waals surface area contributed by atoms with Gasteiger partial charge in [-0.05, 0) is 69.4 Å². The molecule has 154 valence electrons. The molecule has 2 aliphatic heterocycles. The van der Waals surface area contributed by atoms with Crippen LogP contribution >= 0.6 is 0 Å². The first-order valence-electron chi connectivity index (χ1n) is 10.8. The van der Waals surface area contributed by atoms with Crippen LogP contribution in [0, 0.1) is 5.92 Å². The van der Waals surface area contributed by atoms with Crippen LogP contribution in [0.4, 0.5) is 5.82 Å². The summed E-state index contributed by atoms with van der Waals surface area (Å²) in [7, 11) is 0. The lowest BCUT2D eigenvalue weighted by Crippen LogP contribution is -2.38. The van der Waals surface area contributed by atoms with Gasteiger partial charge in [0.05, 0.1) is 6.61 Å². The molecule has 0 atom stereocenters. The first kappa shape index (κ1) is 20.6. The number of carbonyl (C=O) groups excluding carboxylic acids is 2. The summed E-state index contributed by atoms with van der Waals surface area (Å²) in [5.74, 6) is 1.75. The van der Waals surface area contributed by atoms with Crippen LogP contribution in [0.25, 0.3) is 0 Å². The van der Waals surface area contributed by atoms with Gasteiger partial charge in [-0.15, -0.1) is 0 Å². The average Bonchev–Trinajstić information content (AvgIpc) is 2.72. The second-order valence-electron chi connectivity index (χ2n) is 7.86. The molecule has 1 amide bonds. The minimum absolute atomic E-state index is 0.0962. The molecule has 28 heavy (non-hydrogen) atoms. The Morgan fingerprint density at radius 3 is 2.86 bits per heavy atom. The third-order valence-corrected chi connectivity index (χ3v) is 5.81. The Morgan fingerprint density at radius 1 is 1.25 bits per heavy atom. The standard InChI is InChI=1S/C22H33N3O3/c1-2-28-21(27)7-3-5-17-12-15-25(16-13-17)20(26)11-10-19-9-8-18-6-4-14-23-22(18)24-19/h8-9,17H,2-7,10-16H2,1H3,(H,23,24). The van der Waals surface area contributed by atoms with E-state index in [9.17, 15) is 9.59 Å². The van der Waals surface area contributed by atoms with Crippen molar-refractivity contribution in [2.45, 2.75) is 64.7 Å². The van der Waals surface area contributed by atoms with Crippen LogP contribution in [0.5, 0.6) is 0 Å². The lowest BCUT2D eigenvalue weighted by Gasteiger charge is -2.32. The number of fused-ring (bicyclic) bond motifs is 1. The predicted molar refractivity (Wildman–Crippen MR) is 109 cm³/mol. The van der Waals surface area contributed by atoms with Gasteiger partial charge in [0.1, 0.15) is 5.82 Å². The summed E-state index contributed by atoms with van der Waals surface area (Å²) < 4.78 is 4.97. The molecule has 1 aromatic heterocycles. The van der Waals surface area contributed by atoms with Crippen molar-refractivity contribution in [2.75, 3.05) is 31.6 Å². The number of hydrogen-bond donors (Lipinski definition) is 1. The first-order valence-corrected chi connectivity index (χ1v) is 10.8. The zero-order chi connectivity index (χ0) is 19.8. The smallest absolute Gasteiger partial charge is 0.305 e. The number of nitrogens with one attached hydrogen (secondary N) is 1. The van der Waals surface area contributed by atoms with E-state index in [2.05, 4.69) is 22.4 Å². The molecule has 0 unspecified atom stereocenters. The SMILES string of the molecule is CCOC(=O)CCCC1CCN(C(=O)CCc2ccc3c(n2)NCCC3)CC1. The molecule has 1 fully saturated rings. The summed E-state index contributed by atoms with van der Waals surface area (Å²) in [6.07, 6.45) is 7.99. The number of carbonyl (C=O) groups is 2. The van der Waals surface area contributed by atoms with Crippen molar-refractivity contribution in [1.82, 2.24) is 9.88 Å². The average molecular weight is 388 g/mol. The van der Waals surface area contributed by atoms with Gasteiger partial charge in [-0.2, -0.15) is 0 Å². The molecule has 3 rings (SSSR count). The highest BCUT2D eigenvalue weighted by molar-refractivity contribution is 5.76. The summed E-state index contributed by atoms with van der Waals surface area (Å²) in [6.45, 7) is 4.95. The van der Waals surface area contributed by atoms with Gasteiger partial charge in [0, 0.05) is 38.2 Å². The number of aromatic nitrogens is 1. The molecule has 6 heteroatoms. The van der Waals surface area contributed by atoms with Gasteiger partial charge in [0.25, 0.3) is 0 Å². The molecule has 0 radical (unpaired) electrons. The molecule has 0 bridgehead atoms. The Morgan fingerprint density at radius 2 is 2.07 bits per heavy atom. The van der Waals surface area contributed by atoms with Gasteiger partial charge in [0.15, 0.2) is 0 Å². The number of piperidine rings is 1. The van der Waals surface area contributed by atoms with Crippen molar-refractivity contribution in [3.63, 3.8) is 0 Å². The number of esters is 1. The van der Waals surface area contributed by atoms with E-state index in [0.717, 1.165) is 69.7 Å². The molecular formula is C22H33N3O3. The number of ether oxygens (including phenoxy) is 1. The summed E-state index contributed by atoms with van der Waals surface area (Å²) in [5, 5.41) is 3.35. The normalized spacial score (nSPS) is 17.0. The van der Waals surface area contributed by atoms with Crippen LogP contribution in [0.15, 0.2) is 12.1 Å². The lowest BCUT2D eigenvalue weighted by molar-refractivity contribution is -0.143. The van der Waals surface area contributed by atoms with E-state index in [4.69, 9.17) is 4.74 Å².